The van der Waals surface area contributed by atoms with E-state index in [0.717, 1.165) is 12.8 Å². The highest BCUT2D eigenvalue weighted by Gasteiger charge is 2.31. The number of alkyl carbamates (subject to hydrolysis) is 1. The molecule has 17 heavy (non-hydrogen) atoms. The van der Waals surface area contributed by atoms with Crippen molar-refractivity contribution in [3.05, 3.63) is 0 Å². The zero-order valence-corrected chi connectivity index (χ0v) is 10.6. The Morgan fingerprint density at radius 1 is 1.29 bits per heavy atom. The Morgan fingerprint density at radius 2 is 1.94 bits per heavy atom. The van der Waals surface area contributed by atoms with Crippen LogP contribution in [-0.4, -0.2) is 23.6 Å². The number of hydrazine groups is 1. The molecule has 98 valence electrons. The number of carbonyl (C=O) groups excluding carboxylic acids is 2. The van der Waals surface area contributed by atoms with Crippen LogP contribution in [0.1, 0.15) is 40.0 Å². The van der Waals surface area contributed by atoms with E-state index in [9.17, 15) is 9.59 Å². The number of nitrogens with two attached hydrogens (primary N) is 1. The highest BCUT2D eigenvalue weighted by atomic mass is 16.6. The lowest BCUT2D eigenvalue weighted by Crippen LogP contribution is -2.39. The first kappa shape index (κ1) is 13.8. The van der Waals surface area contributed by atoms with Crippen molar-refractivity contribution in [3.63, 3.8) is 0 Å². The van der Waals surface area contributed by atoms with Crippen LogP contribution < -0.4 is 16.6 Å². The van der Waals surface area contributed by atoms with Crippen LogP contribution in [0.5, 0.6) is 0 Å². The molecule has 2 amide bonds. The first-order valence-electron chi connectivity index (χ1n) is 5.82. The van der Waals surface area contributed by atoms with Crippen molar-refractivity contribution in [2.45, 2.75) is 51.7 Å². The third-order valence-electron chi connectivity index (χ3n) is 2.67. The molecule has 0 saturated heterocycles. The van der Waals surface area contributed by atoms with Gasteiger partial charge in [-0.2, -0.15) is 0 Å². The molecule has 0 radical (unpaired) electrons. The summed E-state index contributed by atoms with van der Waals surface area (Å²) in [5.41, 5.74) is 1.63. The molecule has 1 aliphatic carbocycles. The van der Waals surface area contributed by atoms with E-state index in [1.165, 1.54) is 0 Å². The second-order valence-corrected chi connectivity index (χ2v) is 5.36. The standard InChI is InChI=1S/C11H21N3O3/c1-11(2,3)17-10(16)13-8-5-4-7(6-8)9(15)14-12/h7-8H,4-6,12H2,1-3H3,(H,13,16)(H,14,15)/t7?,8-/m1/s1. The van der Waals surface area contributed by atoms with Crippen molar-refractivity contribution in [3.8, 4) is 0 Å². The molecule has 2 atom stereocenters. The molecule has 1 fully saturated rings. The highest BCUT2D eigenvalue weighted by molar-refractivity contribution is 5.78. The Labute approximate surface area is 101 Å². The lowest BCUT2D eigenvalue weighted by Gasteiger charge is -2.21. The van der Waals surface area contributed by atoms with E-state index in [1.54, 1.807) is 0 Å². The SMILES string of the molecule is CC(C)(C)OC(=O)N[C@@H]1CCC(C(=O)NN)C1. The van der Waals surface area contributed by atoms with Gasteiger partial charge in [-0.15, -0.1) is 0 Å². The van der Waals surface area contributed by atoms with Gasteiger partial charge in [-0.3, -0.25) is 10.2 Å². The molecular formula is C11H21N3O3. The van der Waals surface area contributed by atoms with Gasteiger partial charge in [0, 0.05) is 12.0 Å². The Hall–Kier alpha value is -1.30. The van der Waals surface area contributed by atoms with Gasteiger partial charge in [0.2, 0.25) is 5.91 Å². The van der Waals surface area contributed by atoms with Gasteiger partial charge in [0.15, 0.2) is 0 Å². The number of carbonyl (C=O) groups is 2. The number of hydrogen-bond donors (Lipinski definition) is 3. The third kappa shape index (κ3) is 4.60. The molecule has 0 aromatic carbocycles. The molecule has 0 aromatic rings. The van der Waals surface area contributed by atoms with Gasteiger partial charge in [-0.05, 0) is 40.0 Å². The maximum absolute atomic E-state index is 11.5. The molecule has 0 bridgehead atoms. The summed E-state index contributed by atoms with van der Waals surface area (Å²) in [6, 6.07) is -0.00727. The molecule has 1 saturated carbocycles. The topological polar surface area (TPSA) is 93.4 Å². The number of rotatable bonds is 2. The van der Waals surface area contributed by atoms with Crippen molar-refractivity contribution in [1.82, 2.24) is 10.7 Å². The fourth-order valence-electron chi connectivity index (χ4n) is 1.94. The summed E-state index contributed by atoms with van der Waals surface area (Å²) in [6.07, 6.45) is 1.69. The molecule has 0 heterocycles. The van der Waals surface area contributed by atoms with Gasteiger partial charge in [-0.25, -0.2) is 10.6 Å². The van der Waals surface area contributed by atoms with E-state index < -0.39 is 11.7 Å². The molecule has 1 rings (SSSR count). The fourth-order valence-corrected chi connectivity index (χ4v) is 1.94. The van der Waals surface area contributed by atoms with Crippen LogP contribution in [0.25, 0.3) is 0 Å². The molecule has 6 heteroatoms. The summed E-state index contributed by atoms with van der Waals surface area (Å²) in [5, 5.41) is 2.76. The molecule has 1 aliphatic rings. The first-order valence-corrected chi connectivity index (χ1v) is 5.82. The molecule has 0 aliphatic heterocycles. The van der Waals surface area contributed by atoms with Crippen molar-refractivity contribution in [2.24, 2.45) is 11.8 Å². The molecule has 4 N–H and O–H groups in total. The van der Waals surface area contributed by atoms with Crippen molar-refractivity contribution >= 4 is 12.0 Å². The molecule has 0 spiro atoms. The summed E-state index contributed by atoms with van der Waals surface area (Å²) >= 11 is 0. The third-order valence-corrected chi connectivity index (χ3v) is 2.67. The van der Waals surface area contributed by atoms with Crippen molar-refractivity contribution in [1.29, 1.82) is 0 Å². The molecular weight excluding hydrogens is 222 g/mol. The number of nitrogens with one attached hydrogen (secondary N) is 2. The van der Waals surface area contributed by atoms with E-state index in [2.05, 4.69) is 10.7 Å². The number of hydrogen-bond acceptors (Lipinski definition) is 4. The fraction of sp³-hybridized carbons (Fsp3) is 0.818. The lowest BCUT2D eigenvalue weighted by molar-refractivity contribution is -0.124. The zero-order valence-electron chi connectivity index (χ0n) is 10.6. The van der Waals surface area contributed by atoms with Crippen LogP contribution >= 0.6 is 0 Å². The van der Waals surface area contributed by atoms with Crippen molar-refractivity contribution < 1.29 is 14.3 Å². The van der Waals surface area contributed by atoms with Gasteiger partial charge in [0.1, 0.15) is 5.60 Å². The van der Waals surface area contributed by atoms with Gasteiger partial charge in [0.05, 0.1) is 0 Å². The van der Waals surface area contributed by atoms with Crippen LogP contribution in [0.2, 0.25) is 0 Å². The zero-order chi connectivity index (χ0) is 13.1. The average Bonchev–Trinajstić information content (AvgIpc) is 2.62. The second-order valence-electron chi connectivity index (χ2n) is 5.36. The van der Waals surface area contributed by atoms with Crippen molar-refractivity contribution in [2.75, 3.05) is 0 Å². The lowest BCUT2D eigenvalue weighted by atomic mass is 10.1. The minimum atomic E-state index is -0.503. The van der Waals surface area contributed by atoms with Crippen LogP contribution in [0.4, 0.5) is 4.79 Å². The van der Waals surface area contributed by atoms with Crippen LogP contribution in [0.3, 0.4) is 0 Å². The van der Waals surface area contributed by atoms with Gasteiger partial charge in [-0.1, -0.05) is 0 Å². The van der Waals surface area contributed by atoms with Gasteiger partial charge >= 0.3 is 6.09 Å². The van der Waals surface area contributed by atoms with E-state index in [-0.39, 0.29) is 17.9 Å². The Bertz CT molecular complexity index is 299. The number of amides is 2. The van der Waals surface area contributed by atoms with E-state index in [4.69, 9.17) is 10.6 Å². The Kier molecular flexibility index (Phi) is 4.34. The maximum Gasteiger partial charge on any atom is 0.407 e. The van der Waals surface area contributed by atoms with Gasteiger partial charge in [0.25, 0.3) is 0 Å². The normalized spacial score (nSPS) is 24.2. The molecule has 6 nitrogen and oxygen atoms in total. The van der Waals surface area contributed by atoms with Crippen LogP contribution in [0.15, 0.2) is 0 Å². The summed E-state index contributed by atoms with van der Waals surface area (Å²) in [6.45, 7) is 5.43. The predicted octanol–water partition coefficient (Wildman–Crippen LogP) is 0.670. The minimum absolute atomic E-state index is 0.00727. The summed E-state index contributed by atoms with van der Waals surface area (Å²) in [5.74, 6) is 4.79. The van der Waals surface area contributed by atoms with Crippen LogP contribution in [0, 0.1) is 5.92 Å². The maximum atomic E-state index is 11.5. The van der Waals surface area contributed by atoms with E-state index >= 15 is 0 Å². The average molecular weight is 243 g/mol. The first-order chi connectivity index (χ1) is 7.81. The monoisotopic (exact) mass is 243 g/mol. The summed E-state index contributed by atoms with van der Waals surface area (Å²) < 4.78 is 5.15. The summed E-state index contributed by atoms with van der Waals surface area (Å²) in [7, 11) is 0. The second kappa shape index (κ2) is 5.35. The Morgan fingerprint density at radius 3 is 2.47 bits per heavy atom. The quantitative estimate of drug-likeness (QED) is 0.377. The molecule has 0 aromatic heterocycles. The minimum Gasteiger partial charge on any atom is -0.444 e. The van der Waals surface area contributed by atoms with Crippen LogP contribution in [-0.2, 0) is 9.53 Å². The Balaban J connectivity index is 2.35. The highest BCUT2D eigenvalue weighted by Crippen LogP contribution is 2.25. The summed E-state index contributed by atoms with van der Waals surface area (Å²) in [4.78, 5) is 22.8. The number of ether oxygens (including phenoxy) is 1. The largest absolute Gasteiger partial charge is 0.444 e. The van der Waals surface area contributed by atoms with E-state index in [0.29, 0.717) is 6.42 Å². The predicted molar refractivity (Wildman–Crippen MR) is 62.8 cm³/mol. The smallest absolute Gasteiger partial charge is 0.407 e. The molecule has 1 unspecified atom stereocenters. The van der Waals surface area contributed by atoms with E-state index in [1.807, 2.05) is 20.8 Å². The van der Waals surface area contributed by atoms with Gasteiger partial charge < -0.3 is 10.1 Å².